The van der Waals surface area contributed by atoms with E-state index in [0.29, 0.717) is 5.69 Å². The highest BCUT2D eigenvalue weighted by Crippen LogP contribution is 2.23. The van der Waals surface area contributed by atoms with E-state index in [1.807, 2.05) is 0 Å². The van der Waals surface area contributed by atoms with E-state index in [4.69, 9.17) is 0 Å². The summed E-state index contributed by atoms with van der Waals surface area (Å²) in [5, 5.41) is 5.93. The molecular formula is C19H16N4O4S. The predicted molar refractivity (Wildman–Crippen MR) is 108 cm³/mol. The Bertz CT molecular complexity index is 1350. The van der Waals surface area contributed by atoms with Crippen LogP contribution < -0.4 is 21.5 Å². The summed E-state index contributed by atoms with van der Waals surface area (Å²) in [7, 11) is -3.26. The van der Waals surface area contributed by atoms with Gasteiger partial charge >= 0.3 is 0 Å². The number of nitrogens with zero attached hydrogens (tertiary/aromatic N) is 1. The van der Waals surface area contributed by atoms with E-state index in [9.17, 15) is 18.0 Å². The molecule has 0 radical (unpaired) electrons. The molecule has 4 aromatic rings. The quantitative estimate of drug-likeness (QED) is 0.426. The number of aromatic nitrogens is 2. The van der Waals surface area contributed by atoms with Gasteiger partial charge in [0.2, 0.25) is 0 Å². The maximum atomic E-state index is 12.0. The number of aromatic amines is 1. The fourth-order valence-corrected chi connectivity index (χ4v) is 3.51. The first kappa shape index (κ1) is 17.9. The lowest BCUT2D eigenvalue weighted by atomic mass is 10.1. The minimum atomic E-state index is -3.26. The molecule has 0 aliphatic carbocycles. The van der Waals surface area contributed by atoms with Crippen LogP contribution in [0.2, 0.25) is 0 Å². The van der Waals surface area contributed by atoms with Crippen molar-refractivity contribution in [1.29, 1.82) is 0 Å². The van der Waals surface area contributed by atoms with Gasteiger partial charge in [0.25, 0.3) is 10.9 Å². The molecule has 0 unspecified atom stereocenters. The average molecular weight is 396 g/mol. The van der Waals surface area contributed by atoms with Crippen LogP contribution in [-0.4, -0.2) is 24.6 Å². The second kappa shape index (κ2) is 6.61. The van der Waals surface area contributed by atoms with Crippen molar-refractivity contribution in [1.82, 2.24) is 9.97 Å². The van der Waals surface area contributed by atoms with Crippen LogP contribution in [0.1, 0.15) is 5.56 Å². The Morgan fingerprint density at radius 1 is 1.00 bits per heavy atom. The normalized spacial score (nSPS) is 11.8. The van der Waals surface area contributed by atoms with Crippen molar-refractivity contribution in [3.8, 4) is 0 Å². The van der Waals surface area contributed by atoms with Crippen LogP contribution in [0.15, 0.2) is 63.3 Å². The van der Waals surface area contributed by atoms with Gasteiger partial charge in [0, 0.05) is 18.5 Å². The number of fused-ring (bicyclic) bond motifs is 1. The predicted octanol–water partition coefficient (Wildman–Crippen LogP) is 1.92. The molecule has 1 aromatic heterocycles. The molecule has 0 fully saturated rings. The van der Waals surface area contributed by atoms with Gasteiger partial charge in [-0.25, -0.2) is 13.4 Å². The van der Waals surface area contributed by atoms with Crippen LogP contribution in [0, 0.1) is 0 Å². The first-order chi connectivity index (χ1) is 13.3. The third kappa shape index (κ3) is 3.27. The number of anilines is 3. The number of sulfone groups is 1. The third-order valence-electron chi connectivity index (χ3n) is 4.42. The molecule has 0 bridgehead atoms. The summed E-state index contributed by atoms with van der Waals surface area (Å²) in [4.78, 5) is 31.2. The largest absolute Gasteiger partial charge is 0.376 e. The maximum Gasteiger partial charge on any atom is 0.253 e. The average Bonchev–Trinajstić information content (AvgIpc) is 3.14. The van der Waals surface area contributed by atoms with Crippen molar-refractivity contribution in [2.75, 3.05) is 16.9 Å². The molecule has 9 heteroatoms. The second-order valence-electron chi connectivity index (χ2n) is 6.44. The van der Waals surface area contributed by atoms with E-state index < -0.39 is 20.7 Å². The fourth-order valence-electron chi connectivity index (χ4n) is 2.88. The summed E-state index contributed by atoms with van der Waals surface area (Å²) in [5.41, 5.74) is 2.29. The molecule has 0 aliphatic rings. The maximum absolute atomic E-state index is 12.0. The topological polar surface area (TPSA) is 121 Å². The van der Waals surface area contributed by atoms with E-state index >= 15 is 0 Å². The lowest BCUT2D eigenvalue weighted by molar-refractivity contribution is 0.602. The Morgan fingerprint density at radius 2 is 1.71 bits per heavy atom. The molecule has 142 valence electrons. The van der Waals surface area contributed by atoms with Crippen molar-refractivity contribution in [3.05, 3.63) is 74.8 Å². The molecule has 3 N–H and O–H groups in total. The Kier molecular flexibility index (Phi) is 4.23. The van der Waals surface area contributed by atoms with Gasteiger partial charge in [-0.15, -0.1) is 0 Å². The number of benzene rings is 2. The molecule has 4 rings (SSSR count). The summed E-state index contributed by atoms with van der Waals surface area (Å²) in [6, 6.07) is 11.7. The van der Waals surface area contributed by atoms with Gasteiger partial charge < -0.3 is 15.6 Å². The number of imidazole rings is 1. The molecule has 8 nitrogen and oxygen atoms in total. The van der Waals surface area contributed by atoms with Crippen molar-refractivity contribution in [3.63, 3.8) is 0 Å². The van der Waals surface area contributed by atoms with Crippen LogP contribution in [0.25, 0.3) is 11.0 Å². The smallest absolute Gasteiger partial charge is 0.253 e. The Hall–Kier alpha value is -3.46. The van der Waals surface area contributed by atoms with E-state index in [1.54, 1.807) is 36.7 Å². The van der Waals surface area contributed by atoms with E-state index in [-0.39, 0.29) is 22.8 Å². The van der Waals surface area contributed by atoms with Crippen molar-refractivity contribution in [2.24, 2.45) is 0 Å². The first-order valence-electron chi connectivity index (χ1n) is 8.39. The minimum Gasteiger partial charge on any atom is -0.376 e. The highest BCUT2D eigenvalue weighted by Gasteiger charge is 2.21. The Balaban J connectivity index is 1.51. The molecule has 1 heterocycles. The minimum absolute atomic E-state index is 0.205. The highest BCUT2D eigenvalue weighted by molar-refractivity contribution is 7.90. The highest BCUT2D eigenvalue weighted by atomic mass is 32.2. The van der Waals surface area contributed by atoms with Gasteiger partial charge in [0.05, 0.1) is 22.3 Å². The lowest BCUT2D eigenvalue weighted by Crippen LogP contribution is -2.36. The number of hydrogen-bond donors (Lipinski definition) is 3. The summed E-state index contributed by atoms with van der Waals surface area (Å²) >= 11 is 0. The van der Waals surface area contributed by atoms with E-state index in [2.05, 4.69) is 20.6 Å². The monoisotopic (exact) mass is 396 g/mol. The van der Waals surface area contributed by atoms with Gasteiger partial charge in [0.15, 0.2) is 9.84 Å². The zero-order valence-electron chi connectivity index (χ0n) is 14.8. The molecule has 0 amide bonds. The number of nitrogens with one attached hydrogen (secondary N) is 3. The van der Waals surface area contributed by atoms with Crippen LogP contribution in [0.4, 0.5) is 17.1 Å². The summed E-state index contributed by atoms with van der Waals surface area (Å²) < 4.78 is 23.0. The molecule has 0 saturated carbocycles. The molecule has 28 heavy (non-hydrogen) atoms. The van der Waals surface area contributed by atoms with Crippen molar-refractivity contribution < 1.29 is 8.42 Å². The van der Waals surface area contributed by atoms with Crippen LogP contribution >= 0.6 is 0 Å². The van der Waals surface area contributed by atoms with Gasteiger partial charge in [-0.3, -0.25) is 9.59 Å². The zero-order valence-corrected chi connectivity index (χ0v) is 15.6. The molecule has 0 aliphatic heterocycles. The molecular weight excluding hydrogens is 380 g/mol. The van der Waals surface area contributed by atoms with Crippen molar-refractivity contribution >= 4 is 37.9 Å². The van der Waals surface area contributed by atoms with E-state index in [0.717, 1.165) is 22.9 Å². The van der Waals surface area contributed by atoms with Gasteiger partial charge in [-0.2, -0.15) is 0 Å². The van der Waals surface area contributed by atoms with Gasteiger partial charge in [0.1, 0.15) is 11.4 Å². The van der Waals surface area contributed by atoms with Gasteiger partial charge in [-0.05, 0) is 35.9 Å². The number of rotatable bonds is 6. The molecule has 0 saturated heterocycles. The summed E-state index contributed by atoms with van der Waals surface area (Å²) in [5.74, 6) is 0. The first-order valence-corrected chi connectivity index (χ1v) is 10.3. The Morgan fingerprint density at radius 3 is 2.43 bits per heavy atom. The third-order valence-corrected chi connectivity index (χ3v) is 5.55. The fraction of sp³-hybridized carbons (Fsp3) is 0.105. The van der Waals surface area contributed by atoms with Crippen molar-refractivity contribution in [2.45, 2.75) is 11.4 Å². The number of hydrogen-bond acceptors (Lipinski definition) is 7. The van der Waals surface area contributed by atoms with E-state index in [1.165, 1.54) is 12.1 Å². The van der Waals surface area contributed by atoms with Crippen LogP contribution in [0.5, 0.6) is 0 Å². The standard InChI is InChI=1S/C19H16N4O4S/c1-28(26,27)13-5-2-11(3-6-13)9-20-16-17(19(25)18(16)24)23-12-4-7-14-15(8-12)22-10-21-14/h2-8,10,20,23H,9H2,1H3,(H,21,22). The lowest BCUT2D eigenvalue weighted by Gasteiger charge is -2.15. The summed E-state index contributed by atoms with van der Waals surface area (Å²) in [6.45, 7) is 0.281. The van der Waals surface area contributed by atoms with Gasteiger partial charge in [-0.1, -0.05) is 12.1 Å². The molecule has 0 atom stereocenters. The molecule has 0 spiro atoms. The van der Waals surface area contributed by atoms with Crippen LogP contribution in [-0.2, 0) is 16.4 Å². The van der Waals surface area contributed by atoms with Crippen LogP contribution in [0.3, 0.4) is 0 Å². The Labute approximate surface area is 159 Å². The second-order valence-corrected chi connectivity index (χ2v) is 8.45. The molecule has 3 aromatic carbocycles. The zero-order chi connectivity index (χ0) is 19.9. The summed E-state index contributed by atoms with van der Waals surface area (Å²) in [6.07, 6.45) is 2.72. The number of H-pyrrole nitrogens is 1. The SMILES string of the molecule is CS(=O)(=O)c1ccc(CNc2c(Nc3ccc4nc[nH]c4c3)c(=O)c2=O)cc1.